The van der Waals surface area contributed by atoms with Gasteiger partial charge in [0.15, 0.2) is 0 Å². The van der Waals surface area contributed by atoms with Crippen molar-refractivity contribution < 1.29 is 9.59 Å². The van der Waals surface area contributed by atoms with Crippen LogP contribution in [0.15, 0.2) is 0 Å². The third-order valence-electron chi connectivity index (χ3n) is 4.31. The molecule has 1 aliphatic carbocycles. The topological polar surface area (TPSA) is 75.2 Å². The van der Waals surface area contributed by atoms with Crippen LogP contribution in [0.2, 0.25) is 0 Å². The highest BCUT2D eigenvalue weighted by atomic mass is 32.1. The Morgan fingerprint density at radius 2 is 1.91 bits per heavy atom. The zero-order chi connectivity index (χ0) is 15.5. The highest BCUT2D eigenvalue weighted by Gasteiger charge is 2.35. The number of aromatic nitrogens is 2. The Morgan fingerprint density at radius 1 is 1.18 bits per heavy atom. The van der Waals surface area contributed by atoms with Crippen molar-refractivity contribution in [2.45, 2.75) is 39.0 Å². The summed E-state index contributed by atoms with van der Waals surface area (Å²) in [6.45, 7) is 3.98. The van der Waals surface area contributed by atoms with Gasteiger partial charge in [0.05, 0.1) is 0 Å². The van der Waals surface area contributed by atoms with Gasteiger partial charge in [0.1, 0.15) is 10.0 Å². The lowest BCUT2D eigenvalue weighted by atomic mass is 9.95. The monoisotopic (exact) mass is 322 g/mol. The second kappa shape index (κ2) is 6.73. The molecule has 0 bridgehead atoms. The first-order chi connectivity index (χ1) is 10.6. The predicted octanol–water partition coefficient (Wildman–Crippen LogP) is 1.15. The highest BCUT2D eigenvalue weighted by Crippen LogP contribution is 2.32. The van der Waals surface area contributed by atoms with Gasteiger partial charge in [-0.15, -0.1) is 21.5 Å². The quantitative estimate of drug-likeness (QED) is 0.882. The molecular weight excluding hydrogens is 300 g/mol. The van der Waals surface area contributed by atoms with Gasteiger partial charge in [0, 0.05) is 37.9 Å². The van der Waals surface area contributed by atoms with E-state index in [1.54, 1.807) is 11.3 Å². The molecule has 1 aromatic heterocycles. The van der Waals surface area contributed by atoms with Gasteiger partial charge < -0.3 is 10.2 Å². The van der Waals surface area contributed by atoms with E-state index in [4.69, 9.17) is 0 Å². The molecule has 1 saturated carbocycles. The summed E-state index contributed by atoms with van der Waals surface area (Å²) in [6, 6.07) is 0. The maximum Gasteiger partial charge on any atom is 0.225 e. The number of nitrogens with one attached hydrogen (secondary N) is 1. The maximum absolute atomic E-state index is 12.2. The van der Waals surface area contributed by atoms with E-state index < -0.39 is 0 Å². The number of nitrogens with zero attached hydrogens (tertiary/aromatic N) is 3. The third-order valence-corrected chi connectivity index (χ3v) is 5.21. The van der Waals surface area contributed by atoms with Gasteiger partial charge in [-0.2, -0.15) is 0 Å². The molecule has 2 aliphatic rings. The molecule has 0 radical (unpaired) electrons. The number of hydrogen-bond acceptors (Lipinski definition) is 5. The van der Waals surface area contributed by atoms with Crippen LogP contribution in [0.4, 0.5) is 0 Å². The molecule has 2 heterocycles. The molecule has 0 spiro atoms. The highest BCUT2D eigenvalue weighted by molar-refractivity contribution is 7.11. The van der Waals surface area contributed by atoms with E-state index in [1.807, 2.05) is 11.8 Å². The van der Waals surface area contributed by atoms with Gasteiger partial charge in [-0.05, 0) is 32.6 Å². The number of hydrogen-bond donors (Lipinski definition) is 1. The van der Waals surface area contributed by atoms with Crippen LogP contribution in [0.1, 0.15) is 35.7 Å². The molecule has 0 unspecified atom stereocenters. The number of carbonyl (C=O) groups excluding carboxylic acids is 2. The Hall–Kier alpha value is -1.50. The van der Waals surface area contributed by atoms with Gasteiger partial charge in [0.2, 0.25) is 11.8 Å². The largest absolute Gasteiger partial charge is 0.355 e. The van der Waals surface area contributed by atoms with Crippen LogP contribution >= 0.6 is 11.3 Å². The van der Waals surface area contributed by atoms with Crippen LogP contribution in [0.25, 0.3) is 0 Å². The summed E-state index contributed by atoms with van der Waals surface area (Å²) in [6.07, 6.45) is 4.38. The zero-order valence-corrected chi connectivity index (χ0v) is 13.7. The lowest BCUT2D eigenvalue weighted by Gasteiger charge is -2.31. The fourth-order valence-corrected chi connectivity index (χ4v) is 3.53. The first kappa shape index (κ1) is 15.4. The van der Waals surface area contributed by atoms with Crippen LogP contribution in [0, 0.1) is 18.8 Å². The van der Waals surface area contributed by atoms with Gasteiger partial charge in [-0.1, -0.05) is 0 Å². The summed E-state index contributed by atoms with van der Waals surface area (Å²) in [7, 11) is 0. The van der Waals surface area contributed by atoms with Crippen LogP contribution in [-0.4, -0.2) is 46.5 Å². The average molecular weight is 322 g/mol. The second-order valence-corrected chi connectivity index (χ2v) is 7.40. The molecule has 2 fully saturated rings. The Bertz CT molecular complexity index is 547. The van der Waals surface area contributed by atoms with Crippen molar-refractivity contribution in [2.24, 2.45) is 11.8 Å². The average Bonchev–Trinajstić information content (AvgIpc) is 3.30. The predicted molar refractivity (Wildman–Crippen MR) is 83.4 cm³/mol. The van der Waals surface area contributed by atoms with E-state index in [0.29, 0.717) is 12.5 Å². The van der Waals surface area contributed by atoms with Crippen LogP contribution in [0.5, 0.6) is 0 Å². The maximum atomic E-state index is 12.2. The van der Waals surface area contributed by atoms with E-state index >= 15 is 0 Å². The number of carbonyl (C=O) groups is 2. The SMILES string of the molecule is Cc1nnc(CCNC(=O)C2CCN(C(=O)C3CC3)CC2)s1. The molecule has 1 saturated heterocycles. The summed E-state index contributed by atoms with van der Waals surface area (Å²) in [5.41, 5.74) is 0. The van der Waals surface area contributed by atoms with Crippen molar-refractivity contribution in [3.05, 3.63) is 10.0 Å². The lowest BCUT2D eigenvalue weighted by molar-refractivity contribution is -0.136. The standard InChI is InChI=1S/C15H22N4O2S/c1-10-17-18-13(22-10)4-7-16-14(20)11-5-8-19(9-6-11)15(21)12-2-3-12/h11-12H,2-9H2,1H3,(H,16,20). The summed E-state index contributed by atoms with van der Waals surface area (Å²) in [5, 5.41) is 12.9. The Morgan fingerprint density at radius 3 is 2.50 bits per heavy atom. The number of rotatable bonds is 5. The summed E-state index contributed by atoms with van der Waals surface area (Å²) < 4.78 is 0. The molecule has 22 heavy (non-hydrogen) atoms. The number of piperidine rings is 1. The van der Waals surface area contributed by atoms with Crippen molar-refractivity contribution in [1.82, 2.24) is 20.4 Å². The molecule has 120 valence electrons. The smallest absolute Gasteiger partial charge is 0.225 e. The van der Waals surface area contributed by atoms with Crippen molar-refractivity contribution in [3.63, 3.8) is 0 Å². The normalized spacial score (nSPS) is 19.2. The van der Waals surface area contributed by atoms with Crippen LogP contribution in [0.3, 0.4) is 0 Å². The van der Waals surface area contributed by atoms with Crippen LogP contribution in [-0.2, 0) is 16.0 Å². The van der Waals surface area contributed by atoms with Crippen molar-refractivity contribution >= 4 is 23.2 Å². The molecule has 1 N–H and O–H groups in total. The first-order valence-electron chi connectivity index (χ1n) is 7.99. The van der Waals surface area contributed by atoms with Gasteiger partial charge in [-0.3, -0.25) is 9.59 Å². The lowest BCUT2D eigenvalue weighted by Crippen LogP contribution is -2.43. The first-order valence-corrected chi connectivity index (χ1v) is 8.80. The minimum Gasteiger partial charge on any atom is -0.355 e. The van der Waals surface area contributed by atoms with Crippen molar-refractivity contribution in [2.75, 3.05) is 19.6 Å². The number of likely N-dealkylation sites (tertiary alicyclic amines) is 1. The molecular formula is C15H22N4O2S. The Balaban J connectivity index is 1.37. The summed E-state index contributed by atoms with van der Waals surface area (Å²) >= 11 is 1.57. The third kappa shape index (κ3) is 3.82. The Kier molecular flexibility index (Phi) is 4.71. The fourth-order valence-electron chi connectivity index (χ4n) is 2.83. The number of amides is 2. The van der Waals surface area contributed by atoms with E-state index in [2.05, 4.69) is 15.5 Å². The fraction of sp³-hybridized carbons (Fsp3) is 0.733. The van der Waals surface area contributed by atoms with E-state index in [1.165, 1.54) is 0 Å². The Labute approximate surface area is 134 Å². The molecule has 2 amide bonds. The van der Waals surface area contributed by atoms with E-state index in [0.717, 1.165) is 55.2 Å². The van der Waals surface area contributed by atoms with Crippen molar-refractivity contribution in [3.8, 4) is 0 Å². The van der Waals surface area contributed by atoms with Gasteiger partial charge in [0.25, 0.3) is 0 Å². The second-order valence-electron chi connectivity index (χ2n) is 6.13. The molecule has 0 aromatic carbocycles. The van der Waals surface area contributed by atoms with Gasteiger partial charge >= 0.3 is 0 Å². The molecule has 7 heteroatoms. The molecule has 3 rings (SSSR count). The van der Waals surface area contributed by atoms with Crippen molar-refractivity contribution in [1.29, 1.82) is 0 Å². The minimum absolute atomic E-state index is 0.0411. The van der Waals surface area contributed by atoms with Gasteiger partial charge in [-0.25, -0.2) is 0 Å². The summed E-state index contributed by atoms with van der Waals surface area (Å²) in [5.74, 6) is 0.727. The zero-order valence-electron chi connectivity index (χ0n) is 12.9. The minimum atomic E-state index is 0.0411. The van der Waals surface area contributed by atoms with E-state index in [-0.39, 0.29) is 17.7 Å². The molecule has 1 aromatic rings. The molecule has 6 nitrogen and oxygen atoms in total. The number of aryl methyl sites for hydroxylation is 1. The molecule has 1 aliphatic heterocycles. The van der Waals surface area contributed by atoms with Crippen LogP contribution < -0.4 is 5.32 Å². The summed E-state index contributed by atoms with van der Waals surface area (Å²) in [4.78, 5) is 26.1. The van der Waals surface area contributed by atoms with E-state index in [9.17, 15) is 9.59 Å². The molecule has 0 atom stereocenters.